The number of carbonyl (C=O) groups is 1. The molecule has 1 amide bonds. The van der Waals surface area contributed by atoms with Gasteiger partial charge in [0.05, 0.1) is 15.5 Å². The summed E-state index contributed by atoms with van der Waals surface area (Å²) >= 11 is 6.11. The average molecular weight is 397 g/mol. The summed E-state index contributed by atoms with van der Waals surface area (Å²) in [6.07, 6.45) is 5.97. The molecule has 1 saturated heterocycles. The minimum Gasteiger partial charge on any atom is -0.352 e. The van der Waals surface area contributed by atoms with Gasteiger partial charge in [0.1, 0.15) is 0 Å². The lowest BCUT2D eigenvalue weighted by atomic mass is 10.2. The third-order valence-corrected chi connectivity index (χ3v) is 6.52. The standard InChI is InChI=1S/C17H21ClN4O3S/c18-16-6-5-14(26(24,25)22-11-1-2-12-22)13-15(16)17(23)19-7-3-9-21-10-4-8-20-21/h4-6,8,10,13H,1-3,7,9,11-12H2,(H,19,23). The molecule has 0 saturated carbocycles. The number of amides is 1. The summed E-state index contributed by atoms with van der Waals surface area (Å²) in [4.78, 5) is 12.5. The zero-order valence-electron chi connectivity index (χ0n) is 14.3. The molecule has 1 N–H and O–H groups in total. The number of rotatable bonds is 7. The third-order valence-electron chi connectivity index (χ3n) is 4.29. The number of sulfonamides is 1. The van der Waals surface area contributed by atoms with E-state index < -0.39 is 10.0 Å². The number of aryl methyl sites for hydroxylation is 1. The first-order valence-corrected chi connectivity index (χ1v) is 10.4. The first kappa shape index (κ1) is 18.9. The molecule has 0 aliphatic carbocycles. The molecule has 2 aromatic rings. The van der Waals surface area contributed by atoms with Crippen molar-refractivity contribution >= 4 is 27.5 Å². The summed E-state index contributed by atoms with van der Waals surface area (Å²) in [6.45, 7) is 2.16. The number of halogens is 1. The van der Waals surface area contributed by atoms with Gasteiger partial charge in [-0.25, -0.2) is 8.42 Å². The molecule has 0 radical (unpaired) electrons. The molecule has 1 aliphatic heterocycles. The van der Waals surface area contributed by atoms with Crippen LogP contribution in [-0.2, 0) is 16.6 Å². The second-order valence-corrected chi connectivity index (χ2v) is 8.48. The van der Waals surface area contributed by atoms with Crippen LogP contribution in [0.25, 0.3) is 0 Å². The Morgan fingerprint density at radius 3 is 2.73 bits per heavy atom. The monoisotopic (exact) mass is 396 g/mol. The molecule has 7 nitrogen and oxygen atoms in total. The lowest BCUT2D eigenvalue weighted by Gasteiger charge is -2.16. The predicted octanol–water partition coefficient (Wildman–Crippen LogP) is 2.14. The maximum atomic E-state index is 12.7. The van der Waals surface area contributed by atoms with E-state index in [2.05, 4.69) is 10.4 Å². The fraction of sp³-hybridized carbons (Fsp3) is 0.412. The Morgan fingerprint density at radius 1 is 1.27 bits per heavy atom. The minimum atomic E-state index is -3.58. The number of hydrogen-bond acceptors (Lipinski definition) is 4. The zero-order chi connectivity index (χ0) is 18.6. The van der Waals surface area contributed by atoms with Gasteiger partial charge in [0.25, 0.3) is 5.91 Å². The van der Waals surface area contributed by atoms with Crippen molar-refractivity contribution in [1.29, 1.82) is 0 Å². The van der Waals surface area contributed by atoms with Crippen molar-refractivity contribution in [3.63, 3.8) is 0 Å². The van der Waals surface area contributed by atoms with Gasteiger partial charge in [0, 0.05) is 38.6 Å². The summed E-state index contributed by atoms with van der Waals surface area (Å²) in [6, 6.07) is 6.11. The van der Waals surface area contributed by atoms with Crippen LogP contribution in [0.3, 0.4) is 0 Å². The van der Waals surface area contributed by atoms with E-state index in [0.29, 0.717) is 32.6 Å². The van der Waals surface area contributed by atoms with E-state index in [0.717, 1.165) is 12.8 Å². The van der Waals surface area contributed by atoms with Crippen LogP contribution < -0.4 is 5.32 Å². The van der Waals surface area contributed by atoms with Crippen molar-refractivity contribution < 1.29 is 13.2 Å². The van der Waals surface area contributed by atoms with Crippen LogP contribution in [0.15, 0.2) is 41.6 Å². The molecular formula is C17H21ClN4O3S. The number of nitrogens with one attached hydrogen (secondary N) is 1. The van der Waals surface area contributed by atoms with Crippen molar-refractivity contribution in [3.05, 3.63) is 47.2 Å². The molecule has 0 bridgehead atoms. The molecular weight excluding hydrogens is 376 g/mol. The van der Waals surface area contributed by atoms with Crippen LogP contribution >= 0.6 is 11.6 Å². The van der Waals surface area contributed by atoms with E-state index in [-0.39, 0.29) is 21.4 Å². The second kappa shape index (κ2) is 8.20. The van der Waals surface area contributed by atoms with Crippen molar-refractivity contribution in [1.82, 2.24) is 19.4 Å². The molecule has 2 heterocycles. The summed E-state index contributed by atoms with van der Waals surface area (Å²) in [7, 11) is -3.58. The largest absolute Gasteiger partial charge is 0.352 e. The Balaban J connectivity index is 1.65. The normalized spacial score (nSPS) is 15.3. The van der Waals surface area contributed by atoms with Crippen molar-refractivity contribution in [2.45, 2.75) is 30.7 Å². The predicted molar refractivity (Wildman–Crippen MR) is 98.6 cm³/mol. The van der Waals surface area contributed by atoms with E-state index in [9.17, 15) is 13.2 Å². The maximum absolute atomic E-state index is 12.7. The van der Waals surface area contributed by atoms with Gasteiger partial charge in [-0.15, -0.1) is 0 Å². The van der Waals surface area contributed by atoms with Gasteiger partial charge in [-0.05, 0) is 43.5 Å². The van der Waals surface area contributed by atoms with Crippen molar-refractivity contribution in [3.8, 4) is 0 Å². The maximum Gasteiger partial charge on any atom is 0.252 e. The number of aromatic nitrogens is 2. The summed E-state index contributed by atoms with van der Waals surface area (Å²) in [5.74, 6) is -0.381. The second-order valence-electron chi connectivity index (χ2n) is 6.13. The van der Waals surface area contributed by atoms with E-state index >= 15 is 0 Å². The SMILES string of the molecule is O=C(NCCCn1cccn1)c1cc(S(=O)(=O)N2CCCC2)ccc1Cl. The van der Waals surface area contributed by atoms with E-state index in [4.69, 9.17) is 11.6 Å². The highest BCUT2D eigenvalue weighted by Crippen LogP contribution is 2.25. The van der Waals surface area contributed by atoms with Gasteiger partial charge in [0.2, 0.25) is 10.0 Å². The first-order chi connectivity index (χ1) is 12.5. The van der Waals surface area contributed by atoms with E-state index in [1.807, 2.05) is 12.3 Å². The van der Waals surface area contributed by atoms with Gasteiger partial charge in [-0.3, -0.25) is 9.48 Å². The zero-order valence-corrected chi connectivity index (χ0v) is 15.8. The highest BCUT2D eigenvalue weighted by atomic mass is 35.5. The lowest BCUT2D eigenvalue weighted by Crippen LogP contribution is -2.29. The molecule has 1 aromatic heterocycles. The van der Waals surface area contributed by atoms with Crippen LogP contribution in [0.5, 0.6) is 0 Å². The van der Waals surface area contributed by atoms with Crippen LogP contribution in [0.1, 0.15) is 29.6 Å². The number of nitrogens with zero attached hydrogens (tertiary/aromatic N) is 3. The fourth-order valence-electron chi connectivity index (χ4n) is 2.89. The average Bonchev–Trinajstić information content (AvgIpc) is 3.32. The Bertz CT molecular complexity index is 862. The molecule has 0 unspecified atom stereocenters. The third kappa shape index (κ3) is 4.25. The van der Waals surface area contributed by atoms with Gasteiger partial charge in [-0.1, -0.05) is 11.6 Å². The Labute approximate surface area is 158 Å². The van der Waals surface area contributed by atoms with E-state index in [1.54, 1.807) is 10.9 Å². The Hall–Kier alpha value is -1.90. The molecule has 1 aliphatic rings. The van der Waals surface area contributed by atoms with E-state index in [1.165, 1.54) is 22.5 Å². The summed E-state index contributed by atoms with van der Waals surface area (Å²) in [5.41, 5.74) is 0.172. The number of carbonyl (C=O) groups excluding carboxylic acids is 1. The molecule has 9 heteroatoms. The van der Waals surface area contributed by atoms with Gasteiger partial charge in [-0.2, -0.15) is 9.40 Å². The van der Waals surface area contributed by atoms with Gasteiger partial charge >= 0.3 is 0 Å². The molecule has 3 rings (SSSR count). The van der Waals surface area contributed by atoms with Gasteiger partial charge in [0.15, 0.2) is 0 Å². The lowest BCUT2D eigenvalue weighted by molar-refractivity contribution is 0.0952. The molecule has 0 spiro atoms. The smallest absolute Gasteiger partial charge is 0.252 e. The minimum absolute atomic E-state index is 0.102. The van der Waals surface area contributed by atoms with Crippen LogP contribution in [-0.4, -0.2) is 48.0 Å². The summed E-state index contributed by atoms with van der Waals surface area (Å²) in [5, 5.41) is 7.10. The highest BCUT2D eigenvalue weighted by molar-refractivity contribution is 7.89. The molecule has 0 atom stereocenters. The van der Waals surface area contributed by atoms with Crippen molar-refractivity contribution in [2.75, 3.05) is 19.6 Å². The number of hydrogen-bond donors (Lipinski definition) is 1. The molecule has 1 aromatic carbocycles. The highest BCUT2D eigenvalue weighted by Gasteiger charge is 2.28. The van der Waals surface area contributed by atoms with Crippen LogP contribution in [0, 0.1) is 0 Å². The molecule has 1 fully saturated rings. The van der Waals surface area contributed by atoms with Crippen LogP contribution in [0.2, 0.25) is 5.02 Å². The molecule has 140 valence electrons. The first-order valence-electron chi connectivity index (χ1n) is 8.54. The van der Waals surface area contributed by atoms with Crippen LogP contribution in [0.4, 0.5) is 0 Å². The summed E-state index contributed by atoms with van der Waals surface area (Å²) < 4.78 is 28.5. The quantitative estimate of drug-likeness (QED) is 0.726. The Kier molecular flexibility index (Phi) is 5.95. The van der Waals surface area contributed by atoms with Crippen molar-refractivity contribution in [2.24, 2.45) is 0 Å². The van der Waals surface area contributed by atoms with Gasteiger partial charge < -0.3 is 5.32 Å². The topological polar surface area (TPSA) is 84.3 Å². The fourth-order valence-corrected chi connectivity index (χ4v) is 4.63. The molecule has 26 heavy (non-hydrogen) atoms. The Morgan fingerprint density at radius 2 is 2.04 bits per heavy atom. The number of benzene rings is 1.